The minimum atomic E-state index is -1.06. The van der Waals surface area contributed by atoms with Crippen LogP contribution in [0.25, 0.3) is 0 Å². The van der Waals surface area contributed by atoms with Crippen molar-refractivity contribution in [2.24, 2.45) is 11.8 Å². The van der Waals surface area contributed by atoms with E-state index in [-0.39, 0.29) is 34.9 Å². The number of nitrogens with zero attached hydrogens (tertiary/aromatic N) is 2. The van der Waals surface area contributed by atoms with Crippen molar-refractivity contribution in [1.29, 1.82) is 0 Å². The molecule has 150 valence electrons. The first-order valence-electron chi connectivity index (χ1n) is 9.42. The van der Waals surface area contributed by atoms with Crippen LogP contribution < -0.4 is 5.32 Å². The zero-order valence-corrected chi connectivity index (χ0v) is 17.1. The molecule has 0 radical (unpaired) electrons. The predicted molar refractivity (Wildman–Crippen MR) is 105 cm³/mol. The van der Waals surface area contributed by atoms with Gasteiger partial charge in [0.25, 0.3) is 0 Å². The molecule has 6 atom stereocenters. The normalized spacial score (nSPS) is 34.5. The Labute approximate surface area is 164 Å². The highest BCUT2D eigenvalue weighted by Crippen LogP contribution is 2.51. The predicted octanol–water partition coefficient (Wildman–Crippen LogP) is 0.722. The van der Waals surface area contributed by atoms with Crippen molar-refractivity contribution in [3.05, 3.63) is 22.8 Å². The van der Waals surface area contributed by atoms with E-state index in [0.717, 1.165) is 24.4 Å². The lowest BCUT2D eigenvalue weighted by molar-refractivity contribution is -0.163. The van der Waals surface area contributed by atoms with Crippen LogP contribution in [0.5, 0.6) is 0 Å². The first-order valence-corrected chi connectivity index (χ1v) is 10.3. The molecule has 27 heavy (non-hydrogen) atoms. The summed E-state index contributed by atoms with van der Waals surface area (Å²) in [6.07, 6.45) is 4.48. The van der Waals surface area contributed by atoms with E-state index in [1.54, 1.807) is 18.7 Å². The van der Waals surface area contributed by atoms with E-state index in [0.29, 0.717) is 0 Å². The molecule has 7 nitrogen and oxygen atoms in total. The number of rotatable bonds is 7. The highest BCUT2D eigenvalue weighted by Gasteiger charge is 2.60. The summed E-state index contributed by atoms with van der Waals surface area (Å²) in [5.41, 5.74) is 0.117. The highest BCUT2D eigenvalue weighted by atomic mass is 32.2. The summed E-state index contributed by atoms with van der Waals surface area (Å²) in [7, 11) is 4.05. The van der Waals surface area contributed by atoms with Crippen LogP contribution >= 0.6 is 11.8 Å². The van der Waals surface area contributed by atoms with Crippen molar-refractivity contribution in [3.8, 4) is 0 Å². The highest BCUT2D eigenvalue weighted by molar-refractivity contribution is 8.03. The number of fused-ring (bicyclic) bond motifs is 1. The zero-order valence-electron chi connectivity index (χ0n) is 16.3. The second kappa shape index (κ2) is 7.95. The smallest absolute Gasteiger partial charge is 0.353 e. The fourth-order valence-corrected chi connectivity index (χ4v) is 5.76. The van der Waals surface area contributed by atoms with Crippen molar-refractivity contribution < 1.29 is 19.8 Å². The minimum Gasteiger partial charge on any atom is -0.477 e. The molecule has 3 heterocycles. The Morgan fingerprint density at radius 1 is 1.48 bits per heavy atom. The summed E-state index contributed by atoms with van der Waals surface area (Å²) in [5, 5.41) is 23.4. The van der Waals surface area contributed by atoms with Gasteiger partial charge in [-0.15, -0.1) is 11.8 Å². The first-order chi connectivity index (χ1) is 12.7. The number of carboxylic acid groups (broad SMARTS) is 1. The summed E-state index contributed by atoms with van der Waals surface area (Å²) >= 11 is 1.58. The number of aliphatic hydroxyl groups is 1. The topological polar surface area (TPSA) is 93.1 Å². The van der Waals surface area contributed by atoms with Crippen LogP contribution in [0, 0.1) is 11.8 Å². The van der Waals surface area contributed by atoms with E-state index in [1.807, 2.05) is 21.0 Å². The van der Waals surface area contributed by atoms with Crippen LogP contribution in [0.1, 0.15) is 20.3 Å². The van der Waals surface area contributed by atoms with E-state index in [4.69, 9.17) is 0 Å². The number of aliphatic carboxylic acids is 1. The molecule has 0 aliphatic carbocycles. The van der Waals surface area contributed by atoms with Gasteiger partial charge >= 0.3 is 5.97 Å². The third kappa shape index (κ3) is 3.81. The number of likely N-dealkylation sites (N-methyl/N-ethyl adjacent to an activating group) is 1. The number of carbonyl (C=O) groups is 2. The molecule has 1 amide bonds. The second-order valence-corrected chi connectivity index (χ2v) is 9.29. The largest absolute Gasteiger partial charge is 0.477 e. The Balaban J connectivity index is 1.70. The van der Waals surface area contributed by atoms with Crippen LogP contribution in [0.15, 0.2) is 22.8 Å². The van der Waals surface area contributed by atoms with Crippen molar-refractivity contribution >= 4 is 23.6 Å². The summed E-state index contributed by atoms with van der Waals surface area (Å²) < 4.78 is 0. The van der Waals surface area contributed by atoms with Gasteiger partial charge in [0.1, 0.15) is 5.70 Å². The number of thioether (sulfide) groups is 1. The SMILES string of the molecule is C[C@@H](O)[C@H]1C(=O)N2C(C(=O)O)=C(S[C@@H]3CN[C@H](/C=C\CN(C)C)C3)[C@H](C)[C@H]12. The molecule has 3 N–H and O–H groups in total. The van der Waals surface area contributed by atoms with Crippen LogP contribution in [0.2, 0.25) is 0 Å². The summed E-state index contributed by atoms with van der Waals surface area (Å²) in [6.45, 7) is 5.27. The number of carbonyl (C=O) groups excluding carboxylic acids is 1. The Bertz CT molecular complexity index is 676. The molecular weight excluding hydrogens is 366 g/mol. The third-order valence-electron chi connectivity index (χ3n) is 5.57. The quantitative estimate of drug-likeness (QED) is 0.432. The number of β-lactam (4-membered cyclic amide) rings is 1. The van der Waals surface area contributed by atoms with Gasteiger partial charge in [-0.2, -0.15) is 0 Å². The number of hydrogen-bond acceptors (Lipinski definition) is 6. The van der Waals surface area contributed by atoms with Crippen LogP contribution in [0.4, 0.5) is 0 Å². The first kappa shape index (κ1) is 20.4. The molecule has 2 fully saturated rings. The molecule has 0 spiro atoms. The Hall–Kier alpha value is -1.35. The van der Waals surface area contributed by atoms with Gasteiger partial charge in [0.05, 0.1) is 18.1 Å². The van der Waals surface area contributed by atoms with Crippen molar-refractivity contribution in [3.63, 3.8) is 0 Å². The Morgan fingerprint density at radius 3 is 2.78 bits per heavy atom. The molecule has 0 saturated carbocycles. The Kier molecular flexibility index (Phi) is 6.00. The van der Waals surface area contributed by atoms with Gasteiger partial charge in [0.2, 0.25) is 5.91 Å². The molecule has 3 aliphatic rings. The van der Waals surface area contributed by atoms with E-state index >= 15 is 0 Å². The molecule has 2 saturated heterocycles. The third-order valence-corrected chi connectivity index (χ3v) is 7.08. The minimum absolute atomic E-state index is 0.0678. The summed E-state index contributed by atoms with van der Waals surface area (Å²) in [5.74, 6) is -1.90. The summed E-state index contributed by atoms with van der Waals surface area (Å²) in [4.78, 5) is 28.5. The number of nitrogens with one attached hydrogen (secondary N) is 1. The van der Waals surface area contributed by atoms with Crippen molar-refractivity contribution in [2.45, 2.75) is 43.7 Å². The maximum absolute atomic E-state index is 12.4. The van der Waals surface area contributed by atoms with Gasteiger partial charge in [-0.05, 0) is 27.4 Å². The monoisotopic (exact) mass is 395 g/mol. The fraction of sp³-hybridized carbons (Fsp3) is 0.684. The van der Waals surface area contributed by atoms with Crippen molar-refractivity contribution in [2.75, 3.05) is 27.2 Å². The maximum atomic E-state index is 12.4. The average Bonchev–Trinajstić information content (AvgIpc) is 3.09. The fourth-order valence-electron chi connectivity index (χ4n) is 4.26. The zero-order chi connectivity index (χ0) is 19.9. The average molecular weight is 396 g/mol. The maximum Gasteiger partial charge on any atom is 0.353 e. The lowest BCUT2D eigenvalue weighted by atomic mass is 9.79. The van der Waals surface area contributed by atoms with E-state index < -0.39 is 18.0 Å². The van der Waals surface area contributed by atoms with Gasteiger partial charge in [-0.3, -0.25) is 4.79 Å². The molecule has 0 aromatic heterocycles. The Morgan fingerprint density at radius 2 is 2.19 bits per heavy atom. The molecule has 3 aliphatic heterocycles. The van der Waals surface area contributed by atoms with Crippen LogP contribution in [-0.2, 0) is 9.59 Å². The van der Waals surface area contributed by atoms with Crippen LogP contribution in [0.3, 0.4) is 0 Å². The molecule has 0 aromatic carbocycles. The number of amides is 1. The van der Waals surface area contributed by atoms with Gasteiger partial charge < -0.3 is 25.3 Å². The molecule has 0 bridgehead atoms. The summed E-state index contributed by atoms with van der Waals surface area (Å²) in [6, 6.07) is 0.0492. The van der Waals surface area contributed by atoms with Gasteiger partial charge in [0, 0.05) is 35.2 Å². The molecule has 8 heteroatoms. The van der Waals surface area contributed by atoms with E-state index in [9.17, 15) is 19.8 Å². The lowest BCUT2D eigenvalue weighted by Crippen LogP contribution is -2.63. The second-order valence-electron chi connectivity index (χ2n) is 7.95. The molecule has 0 aromatic rings. The lowest BCUT2D eigenvalue weighted by Gasteiger charge is -2.46. The number of hydrogen-bond donors (Lipinski definition) is 3. The van der Waals surface area contributed by atoms with Crippen LogP contribution in [-0.4, -0.2) is 82.5 Å². The van der Waals surface area contributed by atoms with Gasteiger partial charge in [-0.25, -0.2) is 4.79 Å². The molecule has 0 unspecified atom stereocenters. The van der Waals surface area contributed by atoms with E-state index in [1.165, 1.54) is 4.90 Å². The molecule has 3 rings (SSSR count). The standard InChI is InChI=1S/C19H29N3O4S/c1-10-15-14(11(2)23)18(24)22(15)16(19(25)26)17(10)27-13-8-12(20-9-13)6-5-7-21(3)4/h5-6,10-15,20,23H,7-9H2,1-4H3,(H,25,26)/b6-5-/t10-,11-,12-,13+,14-,15-/m1/s1. The van der Waals surface area contributed by atoms with Gasteiger partial charge in [-0.1, -0.05) is 19.1 Å². The van der Waals surface area contributed by atoms with Crippen molar-refractivity contribution in [1.82, 2.24) is 15.1 Å². The number of carboxylic acids is 1. The number of aliphatic hydroxyl groups excluding tert-OH is 1. The van der Waals surface area contributed by atoms with E-state index in [2.05, 4.69) is 22.4 Å². The molecular formula is C19H29N3O4S. The van der Waals surface area contributed by atoms with Gasteiger partial charge in [0.15, 0.2) is 0 Å².